The van der Waals surface area contributed by atoms with Gasteiger partial charge in [0.15, 0.2) is 0 Å². The molecule has 1 atom stereocenters. The molecule has 0 amide bonds. The standard InChI is InChI=1S/C8H9NO3S/c1-9-13(12)7-4-2-6(3-5-7)8(10)11/h2-5,9H,1H3,(H,10,11). The smallest absolute Gasteiger partial charge is 0.335 e. The van der Waals surface area contributed by atoms with Gasteiger partial charge in [0.2, 0.25) is 0 Å². The summed E-state index contributed by atoms with van der Waals surface area (Å²) >= 11 is 0. The second kappa shape index (κ2) is 4.15. The minimum Gasteiger partial charge on any atom is -0.478 e. The molecule has 4 nitrogen and oxygen atoms in total. The molecule has 1 unspecified atom stereocenters. The average molecular weight is 199 g/mol. The molecular formula is C8H9NO3S. The SMILES string of the molecule is CNS(=O)c1ccc(C(=O)O)cc1. The first-order chi connectivity index (χ1) is 6.15. The average Bonchev–Trinajstić information content (AvgIpc) is 2.17. The Morgan fingerprint density at radius 2 is 1.92 bits per heavy atom. The van der Waals surface area contributed by atoms with Gasteiger partial charge in [-0.3, -0.25) is 0 Å². The molecule has 0 saturated heterocycles. The summed E-state index contributed by atoms with van der Waals surface area (Å²) in [4.78, 5) is 11.0. The quantitative estimate of drug-likeness (QED) is 0.750. The lowest BCUT2D eigenvalue weighted by atomic mass is 10.2. The molecule has 1 aromatic carbocycles. The molecule has 0 aliphatic heterocycles. The van der Waals surface area contributed by atoms with Gasteiger partial charge in [0, 0.05) is 0 Å². The zero-order valence-electron chi connectivity index (χ0n) is 6.98. The summed E-state index contributed by atoms with van der Waals surface area (Å²) in [5.41, 5.74) is 0.192. The van der Waals surface area contributed by atoms with E-state index in [9.17, 15) is 9.00 Å². The van der Waals surface area contributed by atoms with Crippen LogP contribution in [0.1, 0.15) is 10.4 Å². The molecule has 0 fully saturated rings. The summed E-state index contributed by atoms with van der Waals surface area (Å²) in [5.74, 6) is -0.984. The molecule has 0 radical (unpaired) electrons. The maximum absolute atomic E-state index is 11.1. The van der Waals surface area contributed by atoms with Crippen molar-refractivity contribution in [1.82, 2.24) is 4.72 Å². The van der Waals surface area contributed by atoms with Crippen LogP contribution in [-0.2, 0) is 11.0 Å². The zero-order valence-corrected chi connectivity index (χ0v) is 7.80. The van der Waals surface area contributed by atoms with E-state index in [0.717, 1.165) is 0 Å². The molecule has 0 spiro atoms. The number of nitrogens with one attached hydrogen (secondary N) is 1. The van der Waals surface area contributed by atoms with E-state index >= 15 is 0 Å². The van der Waals surface area contributed by atoms with Crippen molar-refractivity contribution in [3.8, 4) is 0 Å². The zero-order chi connectivity index (χ0) is 9.84. The summed E-state index contributed by atoms with van der Waals surface area (Å²) in [6.07, 6.45) is 0. The van der Waals surface area contributed by atoms with E-state index in [0.29, 0.717) is 4.90 Å². The van der Waals surface area contributed by atoms with Crippen molar-refractivity contribution in [3.63, 3.8) is 0 Å². The van der Waals surface area contributed by atoms with E-state index in [1.54, 1.807) is 7.05 Å². The van der Waals surface area contributed by atoms with Gasteiger partial charge in [0.05, 0.1) is 10.5 Å². The normalized spacial score (nSPS) is 12.4. The topological polar surface area (TPSA) is 66.4 Å². The van der Waals surface area contributed by atoms with E-state index in [4.69, 9.17) is 5.11 Å². The first kappa shape index (κ1) is 9.88. The van der Waals surface area contributed by atoms with Crippen LogP contribution in [0.3, 0.4) is 0 Å². The van der Waals surface area contributed by atoms with Crippen LogP contribution >= 0.6 is 0 Å². The largest absolute Gasteiger partial charge is 0.478 e. The number of hydrogen-bond donors (Lipinski definition) is 2. The second-order valence-electron chi connectivity index (χ2n) is 2.30. The minimum atomic E-state index is -1.25. The van der Waals surface area contributed by atoms with E-state index in [2.05, 4.69) is 4.72 Å². The molecule has 0 aromatic heterocycles. The lowest BCUT2D eigenvalue weighted by Crippen LogP contribution is -2.10. The molecule has 0 heterocycles. The van der Waals surface area contributed by atoms with Crippen molar-refractivity contribution >= 4 is 17.0 Å². The van der Waals surface area contributed by atoms with Crippen LogP contribution in [0.15, 0.2) is 29.2 Å². The van der Waals surface area contributed by atoms with Gasteiger partial charge in [0.1, 0.15) is 11.0 Å². The fraction of sp³-hybridized carbons (Fsp3) is 0.125. The lowest BCUT2D eigenvalue weighted by Gasteiger charge is -1.99. The highest BCUT2D eigenvalue weighted by Gasteiger charge is 2.04. The molecule has 70 valence electrons. The first-order valence-corrected chi connectivity index (χ1v) is 4.72. The summed E-state index contributed by atoms with van der Waals surface area (Å²) in [6.45, 7) is 0. The lowest BCUT2D eigenvalue weighted by molar-refractivity contribution is 0.0697. The van der Waals surface area contributed by atoms with Gasteiger partial charge in [-0.25, -0.2) is 13.7 Å². The molecule has 13 heavy (non-hydrogen) atoms. The van der Waals surface area contributed by atoms with Gasteiger partial charge >= 0.3 is 5.97 Å². The van der Waals surface area contributed by atoms with Crippen LogP contribution < -0.4 is 4.72 Å². The molecule has 2 N–H and O–H groups in total. The van der Waals surface area contributed by atoms with Gasteiger partial charge < -0.3 is 5.11 Å². The van der Waals surface area contributed by atoms with Crippen molar-refractivity contribution in [2.45, 2.75) is 4.90 Å². The minimum absolute atomic E-state index is 0.192. The Morgan fingerprint density at radius 1 is 1.38 bits per heavy atom. The Hall–Kier alpha value is -1.20. The maximum atomic E-state index is 11.1. The molecule has 1 rings (SSSR count). The summed E-state index contributed by atoms with van der Waals surface area (Å²) in [5, 5.41) is 8.58. The molecule has 0 bridgehead atoms. The number of carboxylic acid groups (broad SMARTS) is 1. The summed E-state index contributed by atoms with van der Waals surface area (Å²) in [7, 11) is 0.316. The highest BCUT2D eigenvalue weighted by molar-refractivity contribution is 7.83. The van der Waals surface area contributed by atoms with Crippen LogP contribution in [0.25, 0.3) is 0 Å². The number of hydrogen-bond acceptors (Lipinski definition) is 2. The number of benzene rings is 1. The van der Waals surface area contributed by atoms with Gasteiger partial charge in [-0.05, 0) is 31.3 Å². The van der Waals surface area contributed by atoms with Crippen molar-refractivity contribution in [2.75, 3.05) is 7.05 Å². The van der Waals surface area contributed by atoms with Crippen molar-refractivity contribution in [3.05, 3.63) is 29.8 Å². The second-order valence-corrected chi connectivity index (χ2v) is 3.72. The Morgan fingerprint density at radius 3 is 2.31 bits per heavy atom. The first-order valence-electron chi connectivity index (χ1n) is 3.57. The molecule has 0 aliphatic carbocycles. The van der Waals surface area contributed by atoms with Crippen molar-refractivity contribution < 1.29 is 14.1 Å². The molecule has 0 aliphatic rings. The van der Waals surface area contributed by atoms with Crippen molar-refractivity contribution in [2.24, 2.45) is 0 Å². The van der Waals surface area contributed by atoms with E-state index in [1.807, 2.05) is 0 Å². The van der Waals surface area contributed by atoms with Crippen LogP contribution in [0.5, 0.6) is 0 Å². The third-order valence-electron chi connectivity index (χ3n) is 1.50. The van der Waals surface area contributed by atoms with Crippen LogP contribution in [0.4, 0.5) is 0 Å². The fourth-order valence-corrected chi connectivity index (χ4v) is 1.46. The predicted molar refractivity (Wildman–Crippen MR) is 48.9 cm³/mol. The van der Waals surface area contributed by atoms with E-state index in [-0.39, 0.29) is 5.56 Å². The molecule has 1 aromatic rings. The van der Waals surface area contributed by atoms with Gasteiger partial charge in [0.25, 0.3) is 0 Å². The van der Waals surface area contributed by atoms with Crippen LogP contribution in [0.2, 0.25) is 0 Å². The number of carbonyl (C=O) groups is 1. The van der Waals surface area contributed by atoms with E-state index in [1.165, 1.54) is 24.3 Å². The van der Waals surface area contributed by atoms with E-state index < -0.39 is 17.0 Å². The third kappa shape index (κ3) is 2.37. The highest BCUT2D eigenvalue weighted by atomic mass is 32.2. The Bertz CT molecular complexity index is 334. The molecular weight excluding hydrogens is 190 g/mol. The van der Waals surface area contributed by atoms with Gasteiger partial charge in [-0.2, -0.15) is 0 Å². The summed E-state index contributed by atoms with van der Waals surface area (Å²) < 4.78 is 13.7. The maximum Gasteiger partial charge on any atom is 0.335 e. The number of aromatic carboxylic acids is 1. The van der Waals surface area contributed by atoms with Gasteiger partial charge in [-0.15, -0.1) is 0 Å². The van der Waals surface area contributed by atoms with Crippen molar-refractivity contribution in [1.29, 1.82) is 0 Å². The Balaban J connectivity index is 2.93. The monoisotopic (exact) mass is 199 g/mol. The number of rotatable bonds is 3. The predicted octanol–water partition coefficient (Wildman–Crippen LogP) is 0.627. The third-order valence-corrected chi connectivity index (χ3v) is 2.57. The van der Waals surface area contributed by atoms with Crippen LogP contribution in [0, 0.1) is 0 Å². The number of carboxylic acids is 1. The fourth-order valence-electron chi connectivity index (χ4n) is 0.839. The summed E-state index contributed by atoms with van der Waals surface area (Å²) in [6, 6.07) is 5.89. The highest BCUT2D eigenvalue weighted by Crippen LogP contribution is 2.06. The van der Waals surface area contributed by atoms with Crippen LogP contribution in [-0.4, -0.2) is 22.3 Å². The van der Waals surface area contributed by atoms with Gasteiger partial charge in [-0.1, -0.05) is 0 Å². The Labute approximate surface area is 78.2 Å². The molecule has 0 saturated carbocycles. The molecule has 5 heteroatoms. The Kier molecular flexibility index (Phi) is 3.16.